The lowest BCUT2D eigenvalue weighted by molar-refractivity contribution is 0.973. The van der Waals surface area contributed by atoms with Crippen molar-refractivity contribution in [3.63, 3.8) is 0 Å². The maximum Gasteiger partial charge on any atom is 0.156 e. The quantitative estimate of drug-likeness (QED) is 0.590. The van der Waals surface area contributed by atoms with Crippen molar-refractivity contribution in [2.75, 3.05) is 5.32 Å². The number of thiazole rings is 1. The number of nitrogens with zero attached hydrogens (tertiary/aromatic N) is 3. The number of aryl methyl sites for hydroxylation is 1. The molecule has 4 aromatic rings. The van der Waals surface area contributed by atoms with E-state index in [2.05, 4.69) is 45.2 Å². The molecular formula is C19H16N4S. The van der Waals surface area contributed by atoms with E-state index in [1.807, 2.05) is 37.3 Å². The highest BCUT2D eigenvalue weighted by molar-refractivity contribution is 7.13. The highest BCUT2D eigenvalue weighted by Gasteiger charge is 2.08. The second-order valence-corrected chi connectivity index (χ2v) is 6.40. The van der Waals surface area contributed by atoms with E-state index in [1.54, 1.807) is 11.3 Å². The number of hydrogen-bond donors (Lipinski definition) is 1. The molecule has 2 aromatic carbocycles. The summed E-state index contributed by atoms with van der Waals surface area (Å²) in [6, 6.07) is 18.4. The third-order valence-corrected chi connectivity index (χ3v) is 4.82. The molecule has 0 bridgehead atoms. The predicted molar refractivity (Wildman–Crippen MR) is 99.2 cm³/mol. The molecule has 5 heteroatoms. The van der Waals surface area contributed by atoms with Gasteiger partial charge in [-0.25, -0.2) is 4.98 Å². The van der Waals surface area contributed by atoms with Crippen molar-refractivity contribution >= 4 is 27.9 Å². The average Bonchev–Trinajstić information content (AvgIpc) is 3.11. The minimum absolute atomic E-state index is 0.630. The zero-order valence-corrected chi connectivity index (χ0v) is 14.0. The highest BCUT2D eigenvalue weighted by atomic mass is 32.1. The third-order valence-electron chi connectivity index (χ3n) is 3.88. The van der Waals surface area contributed by atoms with E-state index >= 15 is 0 Å². The summed E-state index contributed by atoms with van der Waals surface area (Å²) in [4.78, 5) is 4.70. The van der Waals surface area contributed by atoms with Gasteiger partial charge in [-0.2, -0.15) is 5.10 Å². The number of benzene rings is 2. The fourth-order valence-electron chi connectivity index (χ4n) is 2.64. The molecule has 0 aliphatic rings. The van der Waals surface area contributed by atoms with E-state index in [1.165, 1.54) is 0 Å². The highest BCUT2D eigenvalue weighted by Crippen LogP contribution is 2.25. The van der Waals surface area contributed by atoms with Gasteiger partial charge in [0.1, 0.15) is 5.01 Å². The van der Waals surface area contributed by atoms with Gasteiger partial charge in [0.15, 0.2) is 5.82 Å². The first-order valence-electron chi connectivity index (χ1n) is 7.77. The first-order valence-corrected chi connectivity index (χ1v) is 8.65. The summed E-state index contributed by atoms with van der Waals surface area (Å²) in [5.41, 5.74) is 3.09. The molecular weight excluding hydrogens is 316 g/mol. The predicted octanol–water partition coefficient (Wildman–Crippen LogP) is 4.67. The normalized spacial score (nSPS) is 10.9. The van der Waals surface area contributed by atoms with Gasteiger partial charge in [0.05, 0.1) is 17.9 Å². The molecule has 24 heavy (non-hydrogen) atoms. The topological polar surface area (TPSA) is 50.7 Å². The van der Waals surface area contributed by atoms with Crippen molar-refractivity contribution in [3.8, 4) is 10.6 Å². The Morgan fingerprint density at radius 2 is 1.67 bits per heavy atom. The van der Waals surface area contributed by atoms with E-state index in [4.69, 9.17) is 4.98 Å². The fraction of sp³-hybridized carbons (Fsp3) is 0.105. The van der Waals surface area contributed by atoms with Gasteiger partial charge in [0.2, 0.25) is 0 Å². The second-order valence-electron chi connectivity index (χ2n) is 5.54. The number of nitrogens with one attached hydrogen (secondary N) is 1. The molecule has 0 radical (unpaired) electrons. The summed E-state index contributed by atoms with van der Waals surface area (Å²) in [6.07, 6.45) is 0. The van der Waals surface area contributed by atoms with Gasteiger partial charge in [-0.15, -0.1) is 16.4 Å². The van der Waals surface area contributed by atoms with Crippen LogP contribution in [-0.4, -0.2) is 15.2 Å². The second kappa shape index (κ2) is 6.37. The number of anilines is 1. The van der Waals surface area contributed by atoms with Gasteiger partial charge in [-0.05, 0) is 6.92 Å². The standard InChI is InChI=1S/C19H16N4S/c1-13-16-9-5-6-10-17(16)18(23-22-13)20-11-15-12-24-19(21-15)14-7-3-2-4-8-14/h2-10,12H,11H2,1H3,(H,20,23). The molecule has 4 nitrogen and oxygen atoms in total. The van der Waals surface area contributed by atoms with Gasteiger partial charge in [0.25, 0.3) is 0 Å². The lowest BCUT2D eigenvalue weighted by atomic mass is 10.1. The Bertz CT molecular complexity index is 979. The van der Waals surface area contributed by atoms with Crippen molar-refractivity contribution in [2.45, 2.75) is 13.5 Å². The summed E-state index contributed by atoms with van der Waals surface area (Å²) in [5, 5.41) is 17.2. The zero-order valence-electron chi connectivity index (χ0n) is 13.2. The molecule has 0 aliphatic heterocycles. The van der Waals surface area contributed by atoms with Crippen molar-refractivity contribution in [1.82, 2.24) is 15.2 Å². The zero-order chi connectivity index (χ0) is 16.4. The molecule has 1 N–H and O–H groups in total. The lowest BCUT2D eigenvalue weighted by Crippen LogP contribution is -2.04. The van der Waals surface area contributed by atoms with Gasteiger partial charge in [0, 0.05) is 21.7 Å². The van der Waals surface area contributed by atoms with Crippen molar-refractivity contribution in [2.24, 2.45) is 0 Å². The molecule has 2 aromatic heterocycles. The van der Waals surface area contributed by atoms with Crippen LogP contribution in [0, 0.1) is 6.92 Å². The number of rotatable bonds is 4. The Morgan fingerprint density at radius 1 is 0.917 bits per heavy atom. The maximum absolute atomic E-state index is 4.70. The molecule has 4 rings (SSSR count). The molecule has 0 saturated carbocycles. The number of hydrogen-bond acceptors (Lipinski definition) is 5. The van der Waals surface area contributed by atoms with Crippen LogP contribution < -0.4 is 5.32 Å². The van der Waals surface area contributed by atoms with Crippen LogP contribution in [-0.2, 0) is 6.54 Å². The van der Waals surface area contributed by atoms with Crippen molar-refractivity contribution < 1.29 is 0 Å². The summed E-state index contributed by atoms with van der Waals surface area (Å²) in [5.74, 6) is 0.797. The number of aromatic nitrogens is 3. The van der Waals surface area contributed by atoms with Gasteiger partial charge >= 0.3 is 0 Å². The molecule has 2 heterocycles. The van der Waals surface area contributed by atoms with E-state index in [0.717, 1.165) is 38.5 Å². The molecule has 0 spiro atoms. The Balaban J connectivity index is 1.56. The van der Waals surface area contributed by atoms with Crippen LogP contribution in [0.1, 0.15) is 11.4 Å². The molecule has 0 aliphatic carbocycles. The minimum Gasteiger partial charge on any atom is -0.362 e. The number of fused-ring (bicyclic) bond motifs is 1. The van der Waals surface area contributed by atoms with Crippen molar-refractivity contribution in [3.05, 3.63) is 71.4 Å². The first kappa shape index (κ1) is 14.8. The molecule has 0 atom stereocenters. The molecule has 0 saturated heterocycles. The van der Waals surface area contributed by atoms with Crippen LogP contribution in [0.3, 0.4) is 0 Å². The minimum atomic E-state index is 0.630. The van der Waals surface area contributed by atoms with Crippen LogP contribution in [0.5, 0.6) is 0 Å². The van der Waals surface area contributed by atoms with E-state index in [-0.39, 0.29) is 0 Å². The Labute approximate surface area is 144 Å². The van der Waals surface area contributed by atoms with Gasteiger partial charge in [-0.3, -0.25) is 0 Å². The summed E-state index contributed by atoms with van der Waals surface area (Å²) in [6.45, 7) is 2.61. The average molecular weight is 332 g/mol. The SMILES string of the molecule is Cc1nnc(NCc2csc(-c3ccccc3)n2)c2ccccc12. The summed E-state index contributed by atoms with van der Waals surface area (Å²) < 4.78 is 0. The van der Waals surface area contributed by atoms with E-state index < -0.39 is 0 Å². The Kier molecular flexibility index (Phi) is 3.92. The van der Waals surface area contributed by atoms with Crippen LogP contribution >= 0.6 is 11.3 Å². The van der Waals surface area contributed by atoms with E-state index in [9.17, 15) is 0 Å². The molecule has 118 valence electrons. The Morgan fingerprint density at radius 3 is 2.50 bits per heavy atom. The van der Waals surface area contributed by atoms with E-state index in [0.29, 0.717) is 6.54 Å². The monoisotopic (exact) mass is 332 g/mol. The van der Waals surface area contributed by atoms with Crippen LogP contribution in [0.2, 0.25) is 0 Å². The molecule has 0 fully saturated rings. The van der Waals surface area contributed by atoms with Crippen LogP contribution in [0.4, 0.5) is 5.82 Å². The van der Waals surface area contributed by atoms with Crippen LogP contribution in [0.25, 0.3) is 21.3 Å². The molecule has 0 amide bonds. The molecule has 0 unspecified atom stereocenters. The Hall–Kier alpha value is -2.79. The summed E-state index contributed by atoms with van der Waals surface area (Å²) >= 11 is 1.66. The van der Waals surface area contributed by atoms with Crippen LogP contribution in [0.15, 0.2) is 60.0 Å². The van der Waals surface area contributed by atoms with Gasteiger partial charge < -0.3 is 5.32 Å². The first-order chi connectivity index (χ1) is 11.8. The summed E-state index contributed by atoms with van der Waals surface area (Å²) in [7, 11) is 0. The third kappa shape index (κ3) is 2.86. The largest absolute Gasteiger partial charge is 0.362 e. The van der Waals surface area contributed by atoms with Crippen molar-refractivity contribution in [1.29, 1.82) is 0 Å². The lowest BCUT2D eigenvalue weighted by Gasteiger charge is -2.08. The smallest absolute Gasteiger partial charge is 0.156 e. The maximum atomic E-state index is 4.70. The van der Waals surface area contributed by atoms with Gasteiger partial charge in [-0.1, -0.05) is 54.6 Å². The fourth-order valence-corrected chi connectivity index (χ4v) is 3.47.